The first-order chi connectivity index (χ1) is 22.0. The summed E-state index contributed by atoms with van der Waals surface area (Å²) in [5, 5.41) is 13.6. The minimum atomic E-state index is -6.09. The first kappa shape index (κ1) is 42.4. The topological polar surface area (TPSA) is 134 Å². The number of hydrogen-bond acceptors (Lipinski definition) is 8. The molecular formula is C32H48AuF3N7O3S-. The minimum Gasteiger partial charge on any atom is -0.741 e. The van der Waals surface area contributed by atoms with Crippen molar-refractivity contribution in [2.45, 2.75) is 102 Å². The summed E-state index contributed by atoms with van der Waals surface area (Å²) in [5.41, 5.74) is -2.11. The monoisotopic (exact) mass is 864 g/mol. The standard InChI is InChI=1S/C20H39N2.C11H9N5.CHF3O3S.Au/c1-3-4-5-6-7-8-9-10-11-12-13-14-15-16-17-22-19-18-21(2)20-22;1-2-8(10-4-6-12-15-10)14-9(3-1)11-5-7-13-16-11;2-1(3,4)8(5,6)7;/h18-20H,3-17H2,1-2H3;1-7H,(H,12,15)(H,13,16);(H,5,6,7);/q-1;;;+1/p-1. The molecule has 3 aromatic heterocycles. The van der Waals surface area contributed by atoms with Crippen LogP contribution in [0.4, 0.5) is 13.2 Å². The fraction of sp³-hybridized carbons (Fsp3) is 0.562. The Kier molecular flexibility index (Phi) is 21.3. The summed E-state index contributed by atoms with van der Waals surface area (Å²) in [5.74, 6) is 0. The Morgan fingerprint density at radius 1 is 0.766 bits per heavy atom. The Hall–Kier alpha value is -2.65. The average molecular weight is 865 g/mol. The number of halogens is 3. The van der Waals surface area contributed by atoms with Crippen LogP contribution in [0.3, 0.4) is 0 Å². The fourth-order valence-corrected chi connectivity index (χ4v) is 4.65. The summed E-state index contributed by atoms with van der Waals surface area (Å²) in [4.78, 5) is 8.92. The molecule has 1 aliphatic rings. The Morgan fingerprint density at radius 2 is 1.19 bits per heavy atom. The largest absolute Gasteiger partial charge is 1.00 e. The number of H-pyrrole nitrogens is 2. The van der Waals surface area contributed by atoms with Crippen LogP contribution in [0.15, 0.2) is 55.1 Å². The number of unbranched alkanes of at least 4 members (excludes halogenated alkanes) is 13. The van der Waals surface area contributed by atoms with Crippen LogP contribution in [0.5, 0.6) is 0 Å². The van der Waals surface area contributed by atoms with E-state index in [9.17, 15) is 13.2 Å². The molecule has 0 radical (unpaired) electrons. The predicted octanol–water partition coefficient (Wildman–Crippen LogP) is 8.22. The van der Waals surface area contributed by atoms with Crippen LogP contribution in [0.2, 0.25) is 0 Å². The molecule has 0 aliphatic carbocycles. The zero-order valence-corrected chi connectivity index (χ0v) is 30.2. The fourth-order valence-electron chi connectivity index (χ4n) is 4.65. The Labute approximate surface area is 293 Å². The van der Waals surface area contributed by atoms with Crippen LogP contribution in [0.25, 0.3) is 22.8 Å². The Balaban J connectivity index is 0.000000385. The summed E-state index contributed by atoms with van der Waals surface area (Å²) in [6.07, 6.45) is 27.8. The van der Waals surface area contributed by atoms with Crippen molar-refractivity contribution in [1.82, 2.24) is 35.2 Å². The van der Waals surface area contributed by atoms with E-state index in [1.54, 1.807) is 12.4 Å². The Morgan fingerprint density at radius 3 is 1.53 bits per heavy atom. The molecule has 0 spiro atoms. The number of nitrogens with zero attached hydrogens (tertiary/aromatic N) is 5. The number of pyridine rings is 1. The second kappa shape index (κ2) is 23.6. The van der Waals surface area contributed by atoms with E-state index in [0.29, 0.717) is 0 Å². The van der Waals surface area contributed by atoms with Crippen molar-refractivity contribution in [1.29, 1.82) is 0 Å². The maximum atomic E-state index is 10.7. The van der Waals surface area contributed by atoms with Crippen molar-refractivity contribution in [3.63, 3.8) is 0 Å². The molecule has 4 heterocycles. The van der Waals surface area contributed by atoms with Crippen molar-refractivity contribution in [2.24, 2.45) is 0 Å². The van der Waals surface area contributed by atoms with E-state index in [-0.39, 0.29) is 22.4 Å². The van der Waals surface area contributed by atoms with Gasteiger partial charge in [-0.15, -0.1) is 0 Å². The van der Waals surface area contributed by atoms with Gasteiger partial charge in [0.1, 0.15) is 0 Å². The number of alkyl halides is 3. The van der Waals surface area contributed by atoms with Crippen molar-refractivity contribution in [2.75, 3.05) is 13.6 Å². The molecule has 47 heavy (non-hydrogen) atoms. The van der Waals surface area contributed by atoms with Gasteiger partial charge in [-0.2, -0.15) is 30.0 Å². The maximum Gasteiger partial charge on any atom is 1.00 e. The van der Waals surface area contributed by atoms with Gasteiger partial charge < -0.3 is 14.4 Å². The van der Waals surface area contributed by atoms with Crippen LogP contribution in [0, 0.1) is 6.67 Å². The van der Waals surface area contributed by atoms with Gasteiger partial charge in [-0.3, -0.25) is 10.2 Å². The molecule has 0 bridgehead atoms. The van der Waals surface area contributed by atoms with Crippen molar-refractivity contribution in [3.8, 4) is 22.8 Å². The molecule has 268 valence electrons. The van der Waals surface area contributed by atoms with Gasteiger partial charge in [0, 0.05) is 12.4 Å². The Bertz CT molecular complexity index is 1280. The molecular weight excluding hydrogens is 816 g/mol. The molecule has 0 saturated heterocycles. The van der Waals surface area contributed by atoms with E-state index < -0.39 is 15.6 Å². The van der Waals surface area contributed by atoms with E-state index in [1.165, 1.54) is 96.4 Å². The quantitative estimate of drug-likeness (QED) is 0.0456. The molecule has 3 aromatic rings. The first-order valence-electron chi connectivity index (χ1n) is 16.0. The molecule has 0 aromatic carbocycles. The maximum absolute atomic E-state index is 10.7. The number of nitrogens with one attached hydrogen (secondary N) is 2. The molecule has 0 unspecified atom stereocenters. The zero-order chi connectivity index (χ0) is 33.7. The molecule has 2 N–H and O–H groups in total. The number of hydrogen-bond donors (Lipinski definition) is 2. The van der Waals surface area contributed by atoms with Gasteiger partial charge in [0.2, 0.25) is 0 Å². The first-order valence-corrected chi connectivity index (χ1v) is 17.4. The second-order valence-electron chi connectivity index (χ2n) is 11.2. The summed E-state index contributed by atoms with van der Waals surface area (Å²) in [7, 11) is -4.01. The van der Waals surface area contributed by atoms with E-state index in [2.05, 4.69) is 68.2 Å². The summed E-state index contributed by atoms with van der Waals surface area (Å²) in [6, 6.07) is 9.61. The van der Waals surface area contributed by atoms with Gasteiger partial charge in [-0.25, -0.2) is 13.4 Å². The van der Waals surface area contributed by atoms with E-state index >= 15 is 0 Å². The van der Waals surface area contributed by atoms with Gasteiger partial charge in [0.05, 0.1) is 22.8 Å². The second-order valence-corrected chi connectivity index (χ2v) is 12.5. The van der Waals surface area contributed by atoms with E-state index in [1.807, 2.05) is 30.3 Å². The molecule has 0 saturated carbocycles. The third kappa shape index (κ3) is 18.5. The normalized spacial score (nSPS) is 12.6. The predicted molar refractivity (Wildman–Crippen MR) is 173 cm³/mol. The van der Waals surface area contributed by atoms with Crippen molar-refractivity contribution in [3.05, 3.63) is 61.8 Å². The van der Waals surface area contributed by atoms with Gasteiger partial charge in [0.25, 0.3) is 0 Å². The van der Waals surface area contributed by atoms with E-state index in [0.717, 1.165) is 22.8 Å². The number of aromatic nitrogens is 5. The molecule has 4 rings (SSSR count). The summed E-state index contributed by atoms with van der Waals surface area (Å²) >= 11 is 0. The molecule has 0 fully saturated rings. The summed E-state index contributed by atoms with van der Waals surface area (Å²) < 4.78 is 58.9. The van der Waals surface area contributed by atoms with Crippen molar-refractivity contribution >= 4 is 10.1 Å². The zero-order valence-electron chi connectivity index (χ0n) is 27.2. The van der Waals surface area contributed by atoms with E-state index in [4.69, 9.17) is 13.0 Å². The van der Waals surface area contributed by atoms with Gasteiger partial charge in [0.15, 0.2) is 10.1 Å². The van der Waals surface area contributed by atoms with Gasteiger partial charge >= 0.3 is 27.9 Å². The van der Waals surface area contributed by atoms with Crippen LogP contribution in [-0.2, 0) is 32.5 Å². The van der Waals surface area contributed by atoms with Gasteiger partial charge in [-0.05, 0) is 56.7 Å². The number of aromatic amines is 2. The molecule has 0 amide bonds. The molecule has 10 nitrogen and oxygen atoms in total. The minimum absolute atomic E-state index is 0. The summed E-state index contributed by atoms with van der Waals surface area (Å²) in [6.45, 7) is 5.64. The van der Waals surface area contributed by atoms with Crippen LogP contribution in [0.1, 0.15) is 96.8 Å². The SMILES string of the molecule is CCCCCCCCCCCCCCCCN1C=CN(C)[CH-]1.O=S(=O)([O-])C(F)(F)F.[Au+].c1cc(-c2ccn[nH]2)nc(-c2ccn[nH]2)c1. The van der Waals surface area contributed by atoms with Crippen LogP contribution < -0.4 is 0 Å². The van der Waals surface area contributed by atoms with Gasteiger partial charge in [-0.1, -0.05) is 96.5 Å². The smallest absolute Gasteiger partial charge is 0.741 e. The van der Waals surface area contributed by atoms with Crippen LogP contribution in [-0.4, -0.2) is 67.2 Å². The van der Waals surface area contributed by atoms with Crippen LogP contribution >= 0.6 is 0 Å². The molecule has 1 aliphatic heterocycles. The molecule has 15 heteroatoms. The third-order valence-electron chi connectivity index (χ3n) is 7.18. The van der Waals surface area contributed by atoms with Crippen molar-refractivity contribution < 1.29 is 48.5 Å². The third-order valence-corrected chi connectivity index (χ3v) is 7.75. The number of rotatable bonds is 17. The molecule has 0 atom stereocenters. The average Bonchev–Trinajstić information content (AvgIpc) is 3.81.